The number of para-hydroxylation sites is 1. The molecular weight excluding hydrogens is 378 g/mol. The van der Waals surface area contributed by atoms with Crippen LogP contribution in [0.2, 0.25) is 0 Å². The number of quaternary nitrogens is 1. The molecule has 1 fully saturated rings. The number of methoxy groups -OCH3 is 1. The Morgan fingerprint density at radius 3 is 2.30 bits per heavy atom. The van der Waals surface area contributed by atoms with Crippen LogP contribution in [0.5, 0.6) is 5.75 Å². The van der Waals surface area contributed by atoms with Crippen molar-refractivity contribution in [3.63, 3.8) is 0 Å². The lowest BCUT2D eigenvalue weighted by atomic mass is 9.93. The SMILES string of the molecule is COc1ccc(NC(=O)C[NH+](C)CC(=O)N(c2ccccc2)C2CCCCC2)cc1. The Bertz CT molecular complexity index is 817. The molecular formula is C24H32N3O3+. The maximum atomic E-state index is 13.2. The average Bonchev–Trinajstić information content (AvgIpc) is 2.75. The Labute approximate surface area is 178 Å². The first-order valence-corrected chi connectivity index (χ1v) is 10.7. The van der Waals surface area contributed by atoms with Crippen LogP contribution in [0.1, 0.15) is 32.1 Å². The number of likely N-dealkylation sites (N-methyl/N-ethyl adjacent to an activating group) is 1. The van der Waals surface area contributed by atoms with E-state index in [1.165, 1.54) is 6.42 Å². The van der Waals surface area contributed by atoms with E-state index in [1.807, 2.05) is 42.3 Å². The third kappa shape index (κ3) is 6.07. The van der Waals surface area contributed by atoms with Crippen LogP contribution in [0, 0.1) is 0 Å². The van der Waals surface area contributed by atoms with Gasteiger partial charge in [-0.05, 0) is 49.2 Å². The fourth-order valence-corrected chi connectivity index (χ4v) is 4.05. The third-order valence-electron chi connectivity index (χ3n) is 5.53. The normalized spacial score (nSPS) is 15.3. The molecule has 2 aromatic carbocycles. The molecule has 0 saturated heterocycles. The standard InChI is InChI=1S/C24H31N3O3/c1-26(17-23(28)25-19-13-15-22(30-2)16-14-19)18-24(29)27(20-9-5-3-6-10-20)21-11-7-4-8-12-21/h3,5-6,9-10,13-16,21H,4,7-8,11-12,17-18H2,1-2H3,(H,25,28)/p+1. The van der Waals surface area contributed by atoms with Crippen molar-refractivity contribution in [1.82, 2.24) is 0 Å². The minimum absolute atomic E-state index is 0.0721. The summed E-state index contributed by atoms with van der Waals surface area (Å²) in [5.41, 5.74) is 1.66. The van der Waals surface area contributed by atoms with Crippen LogP contribution < -0.4 is 19.9 Å². The molecule has 160 valence electrons. The zero-order valence-electron chi connectivity index (χ0n) is 17.9. The quantitative estimate of drug-likeness (QED) is 0.703. The van der Waals surface area contributed by atoms with Crippen LogP contribution in [0.4, 0.5) is 11.4 Å². The molecule has 1 unspecified atom stereocenters. The van der Waals surface area contributed by atoms with Crippen molar-refractivity contribution in [3.8, 4) is 5.75 Å². The molecule has 2 amide bonds. The van der Waals surface area contributed by atoms with Gasteiger partial charge in [-0.1, -0.05) is 37.5 Å². The van der Waals surface area contributed by atoms with Gasteiger partial charge in [0.05, 0.1) is 14.2 Å². The van der Waals surface area contributed by atoms with Gasteiger partial charge in [-0.2, -0.15) is 0 Å². The van der Waals surface area contributed by atoms with Crippen molar-refractivity contribution in [2.45, 2.75) is 38.1 Å². The summed E-state index contributed by atoms with van der Waals surface area (Å²) in [4.78, 5) is 28.5. The van der Waals surface area contributed by atoms with Crippen LogP contribution in [0.15, 0.2) is 54.6 Å². The van der Waals surface area contributed by atoms with Crippen LogP contribution in [0.25, 0.3) is 0 Å². The molecule has 6 nitrogen and oxygen atoms in total. The Morgan fingerprint density at radius 1 is 1.00 bits per heavy atom. The van der Waals surface area contributed by atoms with E-state index in [-0.39, 0.29) is 30.9 Å². The van der Waals surface area contributed by atoms with Gasteiger partial charge in [0.1, 0.15) is 5.75 Å². The topological polar surface area (TPSA) is 63.1 Å². The Hall–Kier alpha value is -2.86. The van der Waals surface area contributed by atoms with Gasteiger partial charge in [0.2, 0.25) is 0 Å². The van der Waals surface area contributed by atoms with Crippen molar-refractivity contribution < 1.29 is 19.2 Å². The van der Waals surface area contributed by atoms with Gasteiger partial charge in [-0.3, -0.25) is 9.59 Å². The Balaban J connectivity index is 1.59. The zero-order chi connectivity index (χ0) is 21.3. The van der Waals surface area contributed by atoms with E-state index in [0.29, 0.717) is 5.69 Å². The summed E-state index contributed by atoms with van der Waals surface area (Å²) >= 11 is 0. The van der Waals surface area contributed by atoms with Crippen molar-refractivity contribution in [2.24, 2.45) is 0 Å². The van der Waals surface area contributed by atoms with Crippen molar-refractivity contribution in [3.05, 3.63) is 54.6 Å². The molecule has 1 atom stereocenters. The summed E-state index contributed by atoms with van der Waals surface area (Å²) in [6.07, 6.45) is 5.64. The van der Waals surface area contributed by atoms with Gasteiger partial charge in [0, 0.05) is 17.4 Å². The molecule has 6 heteroatoms. The first-order chi connectivity index (χ1) is 14.6. The lowest BCUT2D eigenvalue weighted by Crippen LogP contribution is -3.11. The lowest BCUT2D eigenvalue weighted by Gasteiger charge is -2.34. The van der Waals surface area contributed by atoms with Crippen molar-refractivity contribution in [1.29, 1.82) is 0 Å². The van der Waals surface area contributed by atoms with Crippen LogP contribution >= 0.6 is 0 Å². The van der Waals surface area contributed by atoms with Crippen molar-refractivity contribution in [2.75, 3.05) is 37.5 Å². The van der Waals surface area contributed by atoms with E-state index >= 15 is 0 Å². The number of nitrogens with one attached hydrogen (secondary N) is 2. The predicted molar refractivity (Wildman–Crippen MR) is 119 cm³/mol. The first kappa shape index (κ1) is 21.8. The third-order valence-corrected chi connectivity index (χ3v) is 5.53. The second-order valence-corrected chi connectivity index (χ2v) is 7.98. The molecule has 0 bridgehead atoms. The first-order valence-electron chi connectivity index (χ1n) is 10.7. The van der Waals surface area contributed by atoms with Gasteiger partial charge in [0.15, 0.2) is 13.1 Å². The van der Waals surface area contributed by atoms with E-state index in [9.17, 15) is 9.59 Å². The molecule has 1 saturated carbocycles. The molecule has 1 aliphatic carbocycles. The molecule has 0 aliphatic heterocycles. The highest BCUT2D eigenvalue weighted by Crippen LogP contribution is 2.27. The molecule has 1 aliphatic rings. The van der Waals surface area contributed by atoms with Gasteiger partial charge in [-0.15, -0.1) is 0 Å². The average molecular weight is 411 g/mol. The fraction of sp³-hybridized carbons (Fsp3) is 0.417. The maximum Gasteiger partial charge on any atom is 0.282 e. The number of anilines is 2. The van der Waals surface area contributed by atoms with Crippen molar-refractivity contribution >= 4 is 23.2 Å². The maximum absolute atomic E-state index is 13.2. The van der Waals surface area contributed by atoms with Crippen LogP contribution in [-0.2, 0) is 9.59 Å². The molecule has 0 radical (unpaired) electrons. The number of ether oxygens (including phenoxy) is 1. The number of nitrogens with zero attached hydrogens (tertiary/aromatic N) is 1. The summed E-state index contributed by atoms with van der Waals surface area (Å²) < 4.78 is 5.13. The molecule has 0 spiro atoms. The number of carbonyl (C=O) groups excluding carboxylic acids is 2. The van der Waals surface area contributed by atoms with E-state index in [2.05, 4.69) is 5.32 Å². The van der Waals surface area contributed by atoms with E-state index in [1.54, 1.807) is 31.4 Å². The van der Waals surface area contributed by atoms with Crippen LogP contribution in [-0.4, -0.2) is 45.1 Å². The molecule has 0 heterocycles. The number of hydrogen-bond acceptors (Lipinski definition) is 3. The summed E-state index contributed by atoms with van der Waals surface area (Å²) in [6, 6.07) is 17.4. The molecule has 3 rings (SSSR count). The highest BCUT2D eigenvalue weighted by molar-refractivity contribution is 5.95. The second kappa shape index (κ2) is 10.8. The Kier molecular flexibility index (Phi) is 7.85. The molecule has 0 aromatic heterocycles. The highest BCUT2D eigenvalue weighted by atomic mass is 16.5. The van der Waals surface area contributed by atoms with Crippen LogP contribution in [0.3, 0.4) is 0 Å². The van der Waals surface area contributed by atoms with E-state index in [0.717, 1.165) is 42.0 Å². The summed E-state index contributed by atoms with van der Waals surface area (Å²) in [7, 11) is 3.49. The van der Waals surface area contributed by atoms with Gasteiger partial charge >= 0.3 is 0 Å². The van der Waals surface area contributed by atoms with Gasteiger partial charge < -0.3 is 19.9 Å². The van der Waals surface area contributed by atoms with Gasteiger partial charge in [-0.25, -0.2) is 0 Å². The predicted octanol–water partition coefficient (Wildman–Crippen LogP) is 2.51. The van der Waals surface area contributed by atoms with E-state index < -0.39 is 0 Å². The minimum atomic E-state index is -0.116. The van der Waals surface area contributed by atoms with Gasteiger partial charge in [0.25, 0.3) is 11.8 Å². The fourth-order valence-electron chi connectivity index (χ4n) is 4.05. The van der Waals surface area contributed by atoms with E-state index in [4.69, 9.17) is 4.74 Å². The summed E-state index contributed by atoms with van der Waals surface area (Å²) in [5.74, 6) is 0.697. The highest BCUT2D eigenvalue weighted by Gasteiger charge is 2.29. The lowest BCUT2D eigenvalue weighted by molar-refractivity contribution is -0.862. The largest absolute Gasteiger partial charge is 0.497 e. The number of benzene rings is 2. The number of amides is 2. The smallest absolute Gasteiger partial charge is 0.282 e. The Morgan fingerprint density at radius 2 is 1.67 bits per heavy atom. The monoisotopic (exact) mass is 410 g/mol. The zero-order valence-corrected chi connectivity index (χ0v) is 17.9. The summed E-state index contributed by atoms with van der Waals surface area (Å²) in [5, 5.41) is 2.88. The molecule has 2 aromatic rings. The second-order valence-electron chi connectivity index (χ2n) is 7.98. The number of carbonyl (C=O) groups is 2. The molecule has 30 heavy (non-hydrogen) atoms. The minimum Gasteiger partial charge on any atom is -0.497 e. The molecule has 2 N–H and O–H groups in total. The number of hydrogen-bond donors (Lipinski definition) is 2. The number of rotatable bonds is 8. The summed E-state index contributed by atoms with van der Waals surface area (Å²) in [6.45, 7) is 0.506.